The fourth-order valence-electron chi connectivity index (χ4n) is 0.943. The van der Waals surface area contributed by atoms with Crippen LogP contribution in [0.25, 0.3) is 0 Å². The smallest absolute Gasteiger partial charge is 0.226 e. The zero-order valence-corrected chi connectivity index (χ0v) is 10.6. The molecule has 1 rings (SSSR count). The Morgan fingerprint density at radius 2 is 2.50 bits per heavy atom. The summed E-state index contributed by atoms with van der Waals surface area (Å²) in [6.07, 6.45) is 3.27. The van der Waals surface area contributed by atoms with Crippen molar-refractivity contribution in [2.45, 2.75) is 26.7 Å². The molecule has 0 spiro atoms. The first-order valence-corrected chi connectivity index (χ1v) is 6.14. The van der Waals surface area contributed by atoms with Crippen molar-refractivity contribution in [1.82, 2.24) is 4.98 Å². The molecule has 78 valence electrons. The maximum absolute atomic E-state index is 11.4. The van der Waals surface area contributed by atoms with Crippen LogP contribution in [0.2, 0.25) is 0 Å². The lowest BCUT2D eigenvalue weighted by molar-refractivity contribution is -0.117. The molecule has 1 aromatic heterocycles. The molecule has 0 aromatic carbocycles. The van der Waals surface area contributed by atoms with Crippen LogP contribution in [0, 0.1) is 5.92 Å². The second-order valence-corrected chi connectivity index (χ2v) is 5.65. The molecule has 0 bridgehead atoms. The SMILES string of the molecule is CCC(C)CC(=O)Nc1ncc(Br)s1. The van der Waals surface area contributed by atoms with Gasteiger partial charge in [-0.2, -0.15) is 0 Å². The summed E-state index contributed by atoms with van der Waals surface area (Å²) in [6.45, 7) is 4.15. The average molecular weight is 277 g/mol. The minimum atomic E-state index is 0.0428. The summed E-state index contributed by atoms with van der Waals surface area (Å²) in [5, 5.41) is 3.42. The molecule has 0 aliphatic rings. The fraction of sp³-hybridized carbons (Fsp3) is 0.556. The largest absolute Gasteiger partial charge is 0.302 e. The highest BCUT2D eigenvalue weighted by atomic mass is 79.9. The van der Waals surface area contributed by atoms with E-state index in [0.29, 0.717) is 17.5 Å². The van der Waals surface area contributed by atoms with Gasteiger partial charge in [0.1, 0.15) is 0 Å². The van der Waals surface area contributed by atoms with Crippen molar-refractivity contribution in [3.8, 4) is 0 Å². The van der Waals surface area contributed by atoms with Crippen molar-refractivity contribution in [2.24, 2.45) is 5.92 Å². The van der Waals surface area contributed by atoms with Crippen molar-refractivity contribution >= 4 is 38.3 Å². The highest BCUT2D eigenvalue weighted by Crippen LogP contribution is 2.23. The van der Waals surface area contributed by atoms with E-state index in [1.807, 2.05) is 0 Å². The van der Waals surface area contributed by atoms with Crippen LogP contribution < -0.4 is 5.32 Å². The normalized spacial score (nSPS) is 12.5. The van der Waals surface area contributed by atoms with Crippen molar-refractivity contribution in [3.63, 3.8) is 0 Å². The number of aromatic nitrogens is 1. The van der Waals surface area contributed by atoms with Crippen molar-refractivity contribution in [2.75, 3.05) is 5.32 Å². The number of hydrogen-bond acceptors (Lipinski definition) is 3. The van der Waals surface area contributed by atoms with Crippen LogP contribution in [0.5, 0.6) is 0 Å². The van der Waals surface area contributed by atoms with Gasteiger partial charge in [0.15, 0.2) is 5.13 Å². The van der Waals surface area contributed by atoms with E-state index >= 15 is 0 Å². The Bertz CT molecular complexity index is 314. The van der Waals surface area contributed by atoms with Crippen LogP contribution in [0.3, 0.4) is 0 Å². The molecule has 3 nitrogen and oxygen atoms in total. The zero-order valence-electron chi connectivity index (χ0n) is 8.21. The van der Waals surface area contributed by atoms with E-state index in [0.717, 1.165) is 10.2 Å². The third kappa shape index (κ3) is 3.75. The Morgan fingerprint density at radius 1 is 1.79 bits per heavy atom. The van der Waals surface area contributed by atoms with Gasteiger partial charge in [0, 0.05) is 6.42 Å². The lowest BCUT2D eigenvalue weighted by atomic mass is 10.1. The Morgan fingerprint density at radius 3 is 3.00 bits per heavy atom. The van der Waals surface area contributed by atoms with Gasteiger partial charge in [-0.15, -0.1) is 0 Å². The molecule has 0 radical (unpaired) electrons. The molecule has 0 saturated carbocycles. The van der Waals surface area contributed by atoms with Gasteiger partial charge < -0.3 is 5.32 Å². The minimum absolute atomic E-state index is 0.0428. The molecule has 1 aromatic rings. The standard InChI is InChI=1S/C9H13BrN2OS/c1-3-6(2)4-8(13)12-9-11-5-7(10)14-9/h5-6H,3-4H2,1-2H3,(H,11,12,13). The number of rotatable bonds is 4. The number of carbonyl (C=O) groups is 1. The van der Waals surface area contributed by atoms with Gasteiger partial charge in [0.2, 0.25) is 5.91 Å². The second-order valence-electron chi connectivity index (χ2n) is 3.24. The summed E-state index contributed by atoms with van der Waals surface area (Å²) in [7, 11) is 0. The number of amides is 1. The third-order valence-corrected chi connectivity index (χ3v) is 3.35. The first kappa shape index (κ1) is 11.7. The Labute approximate surface area is 96.1 Å². The fourth-order valence-corrected chi connectivity index (χ4v) is 2.07. The number of carbonyl (C=O) groups excluding carboxylic acids is 1. The Hall–Kier alpha value is -0.420. The van der Waals surface area contributed by atoms with Crippen LogP contribution in [0.15, 0.2) is 9.98 Å². The van der Waals surface area contributed by atoms with E-state index in [4.69, 9.17) is 0 Å². The lowest BCUT2D eigenvalue weighted by Crippen LogP contribution is -2.14. The quantitative estimate of drug-likeness (QED) is 0.917. The summed E-state index contributed by atoms with van der Waals surface area (Å²) in [6, 6.07) is 0. The van der Waals surface area contributed by atoms with Crippen molar-refractivity contribution in [3.05, 3.63) is 9.98 Å². The van der Waals surface area contributed by atoms with Crippen LogP contribution in [-0.2, 0) is 4.79 Å². The number of halogens is 1. The Kier molecular flexibility index (Phi) is 4.54. The molecular formula is C9H13BrN2OS. The summed E-state index contributed by atoms with van der Waals surface area (Å²) < 4.78 is 0.927. The van der Waals surface area contributed by atoms with E-state index in [1.165, 1.54) is 11.3 Å². The number of nitrogens with zero attached hydrogens (tertiary/aromatic N) is 1. The predicted octanol–water partition coefficient (Wildman–Crippen LogP) is 3.28. The van der Waals surface area contributed by atoms with Gasteiger partial charge in [0.05, 0.1) is 9.98 Å². The summed E-state index contributed by atoms with van der Waals surface area (Å²) >= 11 is 4.72. The van der Waals surface area contributed by atoms with Crippen molar-refractivity contribution in [1.29, 1.82) is 0 Å². The van der Waals surface area contributed by atoms with Crippen molar-refractivity contribution < 1.29 is 4.79 Å². The molecule has 1 atom stereocenters. The highest BCUT2D eigenvalue weighted by Gasteiger charge is 2.09. The average Bonchev–Trinajstić information content (AvgIpc) is 2.50. The molecule has 1 unspecified atom stereocenters. The highest BCUT2D eigenvalue weighted by molar-refractivity contribution is 9.11. The predicted molar refractivity (Wildman–Crippen MR) is 62.5 cm³/mol. The van der Waals surface area contributed by atoms with Crippen LogP contribution in [-0.4, -0.2) is 10.9 Å². The number of anilines is 1. The van der Waals surface area contributed by atoms with E-state index in [2.05, 4.69) is 40.1 Å². The van der Waals surface area contributed by atoms with Gasteiger partial charge in [-0.1, -0.05) is 31.6 Å². The summed E-state index contributed by atoms with van der Waals surface area (Å²) in [5.41, 5.74) is 0. The molecule has 14 heavy (non-hydrogen) atoms. The first-order chi connectivity index (χ1) is 6.61. The van der Waals surface area contributed by atoms with E-state index in [9.17, 15) is 4.79 Å². The number of nitrogens with one attached hydrogen (secondary N) is 1. The topological polar surface area (TPSA) is 42.0 Å². The molecule has 0 fully saturated rings. The molecule has 0 saturated heterocycles. The molecule has 0 aliphatic heterocycles. The van der Waals surface area contributed by atoms with E-state index in [1.54, 1.807) is 6.20 Å². The molecule has 5 heteroatoms. The lowest BCUT2D eigenvalue weighted by Gasteiger charge is -2.06. The van der Waals surface area contributed by atoms with Gasteiger partial charge in [-0.05, 0) is 21.8 Å². The van der Waals surface area contributed by atoms with E-state index < -0.39 is 0 Å². The molecule has 1 heterocycles. The molecule has 0 aliphatic carbocycles. The zero-order chi connectivity index (χ0) is 10.6. The molecule has 1 amide bonds. The maximum atomic E-state index is 11.4. The van der Waals surface area contributed by atoms with Gasteiger partial charge >= 0.3 is 0 Å². The molecule has 1 N–H and O–H groups in total. The second kappa shape index (κ2) is 5.46. The van der Waals surface area contributed by atoms with E-state index in [-0.39, 0.29) is 5.91 Å². The Balaban J connectivity index is 2.41. The van der Waals surface area contributed by atoms with Crippen LogP contribution in [0.4, 0.5) is 5.13 Å². The third-order valence-electron chi connectivity index (χ3n) is 1.95. The monoisotopic (exact) mass is 276 g/mol. The molecular weight excluding hydrogens is 264 g/mol. The van der Waals surface area contributed by atoms with Gasteiger partial charge in [0.25, 0.3) is 0 Å². The van der Waals surface area contributed by atoms with Gasteiger partial charge in [-0.3, -0.25) is 4.79 Å². The number of thiazole rings is 1. The minimum Gasteiger partial charge on any atom is -0.302 e. The first-order valence-electron chi connectivity index (χ1n) is 4.53. The van der Waals surface area contributed by atoms with Crippen LogP contribution >= 0.6 is 27.3 Å². The van der Waals surface area contributed by atoms with Crippen LogP contribution in [0.1, 0.15) is 26.7 Å². The summed E-state index contributed by atoms with van der Waals surface area (Å²) in [5.74, 6) is 0.472. The number of hydrogen-bond donors (Lipinski definition) is 1. The maximum Gasteiger partial charge on any atom is 0.226 e. The summed E-state index contributed by atoms with van der Waals surface area (Å²) in [4.78, 5) is 15.5. The van der Waals surface area contributed by atoms with Gasteiger partial charge in [-0.25, -0.2) is 4.98 Å².